The zero-order valence-corrected chi connectivity index (χ0v) is 13.2. The third kappa shape index (κ3) is 9.08. The Balaban J connectivity index is 1.91. The highest BCUT2D eigenvalue weighted by atomic mass is 14.7. The van der Waals surface area contributed by atoms with Crippen LogP contribution in [0.1, 0.15) is 76.8 Å². The van der Waals surface area contributed by atoms with Gasteiger partial charge in [0.05, 0.1) is 0 Å². The maximum absolute atomic E-state index is 6.16. The number of unbranched alkanes of at least 4 members (excludes halogenated alkanes) is 8. The summed E-state index contributed by atoms with van der Waals surface area (Å²) in [4.78, 5) is 4.33. The van der Waals surface area contributed by atoms with E-state index < -0.39 is 0 Å². The molecule has 114 valence electrons. The van der Waals surface area contributed by atoms with Gasteiger partial charge in [-0.15, -0.1) is 0 Å². The van der Waals surface area contributed by atoms with E-state index in [9.17, 15) is 0 Å². The summed E-state index contributed by atoms with van der Waals surface area (Å²) in [6.07, 6.45) is 16.3. The van der Waals surface area contributed by atoms with Crippen molar-refractivity contribution in [2.24, 2.45) is 5.73 Å². The third-order valence-corrected chi connectivity index (χ3v) is 3.88. The lowest BCUT2D eigenvalue weighted by Crippen LogP contribution is -2.23. The molecule has 2 nitrogen and oxygen atoms in total. The van der Waals surface area contributed by atoms with E-state index in [0.29, 0.717) is 0 Å². The molecule has 0 spiro atoms. The Labute approximate surface area is 125 Å². The maximum Gasteiger partial charge on any atom is 0.0419 e. The van der Waals surface area contributed by atoms with Crippen LogP contribution in [-0.4, -0.2) is 11.0 Å². The molecule has 1 unspecified atom stereocenters. The first-order valence-corrected chi connectivity index (χ1v) is 8.48. The summed E-state index contributed by atoms with van der Waals surface area (Å²) >= 11 is 0. The normalized spacial score (nSPS) is 12.5. The summed E-state index contributed by atoms with van der Waals surface area (Å²) in [6.45, 7) is 2.27. The molecule has 20 heavy (non-hydrogen) atoms. The summed E-state index contributed by atoms with van der Waals surface area (Å²) in [5, 5.41) is 0. The summed E-state index contributed by atoms with van der Waals surface area (Å²) in [6, 6.07) is 6.33. The minimum Gasteiger partial charge on any atom is -0.327 e. The van der Waals surface area contributed by atoms with Crippen LogP contribution in [0.25, 0.3) is 0 Å². The number of aromatic nitrogens is 1. The van der Waals surface area contributed by atoms with Crippen LogP contribution >= 0.6 is 0 Å². The van der Waals surface area contributed by atoms with E-state index in [-0.39, 0.29) is 6.04 Å². The molecule has 0 saturated heterocycles. The second-order valence-corrected chi connectivity index (χ2v) is 5.90. The Morgan fingerprint density at radius 3 is 2.20 bits per heavy atom. The Morgan fingerprint density at radius 2 is 1.60 bits per heavy atom. The third-order valence-electron chi connectivity index (χ3n) is 3.88. The van der Waals surface area contributed by atoms with Gasteiger partial charge in [0.2, 0.25) is 0 Å². The number of nitrogens with two attached hydrogens (primary N) is 1. The molecule has 2 N–H and O–H groups in total. The van der Waals surface area contributed by atoms with Gasteiger partial charge in [-0.1, -0.05) is 70.8 Å². The second-order valence-electron chi connectivity index (χ2n) is 5.90. The van der Waals surface area contributed by atoms with Gasteiger partial charge in [-0.05, 0) is 18.6 Å². The molecule has 0 saturated carbocycles. The lowest BCUT2D eigenvalue weighted by molar-refractivity contribution is 0.520. The zero-order chi connectivity index (χ0) is 14.5. The van der Waals surface area contributed by atoms with E-state index in [4.69, 9.17) is 5.73 Å². The van der Waals surface area contributed by atoms with Gasteiger partial charge in [0, 0.05) is 24.4 Å². The van der Waals surface area contributed by atoms with E-state index in [0.717, 1.165) is 18.5 Å². The molecule has 1 aromatic heterocycles. The Bertz CT molecular complexity index is 310. The average Bonchev–Trinajstić information content (AvgIpc) is 2.46. The SMILES string of the molecule is CCCCCCCCCCCC(N)Cc1ccccn1. The molecule has 0 aliphatic rings. The smallest absolute Gasteiger partial charge is 0.0419 e. The summed E-state index contributed by atoms with van der Waals surface area (Å²) < 4.78 is 0. The van der Waals surface area contributed by atoms with E-state index in [1.54, 1.807) is 0 Å². The molecule has 1 rings (SSSR count). The highest BCUT2D eigenvalue weighted by Crippen LogP contribution is 2.12. The van der Waals surface area contributed by atoms with Crippen molar-refractivity contribution in [3.8, 4) is 0 Å². The molecule has 0 radical (unpaired) electrons. The first-order valence-electron chi connectivity index (χ1n) is 8.48. The summed E-state index contributed by atoms with van der Waals surface area (Å²) in [5.41, 5.74) is 7.28. The highest BCUT2D eigenvalue weighted by molar-refractivity contribution is 5.04. The molecule has 1 heterocycles. The van der Waals surface area contributed by atoms with Crippen LogP contribution in [0.15, 0.2) is 24.4 Å². The first kappa shape index (κ1) is 17.2. The van der Waals surface area contributed by atoms with Crippen molar-refractivity contribution < 1.29 is 0 Å². The van der Waals surface area contributed by atoms with Gasteiger partial charge in [0.25, 0.3) is 0 Å². The van der Waals surface area contributed by atoms with Crippen molar-refractivity contribution in [2.45, 2.75) is 83.6 Å². The second kappa shape index (κ2) is 11.9. The minimum atomic E-state index is 0.273. The number of hydrogen-bond donors (Lipinski definition) is 1. The van der Waals surface area contributed by atoms with Crippen LogP contribution in [0.5, 0.6) is 0 Å². The van der Waals surface area contributed by atoms with Gasteiger partial charge >= 0.3 is 0 Å². The molecule has 0 aromatic carbocycles. The predicted octanol–water partition coefficient (Wildman–Crippen LogP) is 4.87. The van der Waals surface area contributed by atoms with Gasteiger partial charge < -0.3 is 5.73 Å². The lowest BCUT2D eigenvalue weighted by Gasteiger charge is -2.10. The molecule has 2 heteroatoms. The lowest BCUT2D eigenvalue weighted by atomic mass is 10.0. The van der Waals surface area contributed by atoms with E-state index in [1.165, 1.54) is 57.8 Å². The maximum atomic E-state index is 6.16. The van der Waals surface area contributed by atoms with Crippen LogP contribution < -0.4 is 5.73 Å². The number of hydrogen-bond acceptors (Lipinski definition) is 2. The number of pyridine rings is 1. The fraction of sp³-hybridized carbons (Fsp3) is 0.722. The van der Waals surface area contributed by atoms with Crippen LogP contribution in [0, 0.1) is 0 Å². The fourth-order valence-corrected chi connectivity index (χ4v) is 2.61. The van der Waals surface area contributed by atoms with Crippen molar-refractivity contribution in [2.75, 3.05) is 0 Å². The first-order chi connectivity index (χ1) is 9.83. The zero-order valence-electron chi connectivity index (χ0n) is 13.2. The molecule has 0 amide bonds. The molecule has 0 fully saturated rings. The van der Waals surface area contributed by atoms with Crippen LogP contribution in [0.2, 0.25) is 0 Å². The van der Waals surface area contributed by atoms with E-state index in [1.807, 2.05) is 18.3 Å². The standard InChI is InChI=1S/C18H32N2/c1-2-3-4-5-6-7-8-9-10-13-17(19)16-18-14-11-12-15-20-18/h11-12,14-15,17H,2-10,13,16,19H2,1H3. The van der Waals surface area contributed by atoms with Gasteiger partial charge in [0.1, 0.15) is 0 Å². The van der Waals surface area contributed by atoms with Crippen LogP contribution in [0.3, 0.4) is 0 Å². The van der Waals surface area contributed by atoms with E-state index in [2.05, 4.69) is 18.0 Å². The van der Waals surface area contributed by atoms with Crippen molar-refractivity contribution in [1.29, 1.82) is 0 Å². The van der Waals surface area contributed by atoms with Crippen molar-refractivity contribution in [3.63, 3.8) is 0 Å². The summed E-state index contributed by atoms with van der Waals surface area (Å²) in [5.74, 6) is 0. The Kier molecular flexibility index (Phi) is 10.2. The van der Waals surface area contributed by atoms with Crippen LogP contribution in [0.4, 0.5) is 0 Å². The Morgan fingerprint density at radius 1 is 0.950 bits per heavy atom. The topological polar surface area (TPSA) is 38.9 Å². The molecule has 0 aliphatic carbocycles. The highest BCUT2D eigenvalue weighted by Gasteiger charge is 2.04. The Hall–Kier alpha value is -0.890. The van der Waals surface area contributed by atoms with E-state index >= 15 is 0 Å². The molecule has 0 aliphatic heterocycles. The molecule has 0 bridgehead atoms. The molecular weight excluding hydrogens is 244 g/mol. The van der Waals surface area contributed by atoms with Gasteiger partial charge in [-0.2, -0.15) is 0 Å². The molecule has 1 aromatic rings. The van der Waals surface area contributed by atoms with Crippen molar-refractivity contribution in [3.05, 3.63) is 30.1 Å². The van der Waals surface area contributed by atoms with Gasteiger partial charge in [-0.25, -0.2) is 0 Å². The largest absolute Gasteiger partial charge is 0.327 e. The van der Waals surface area contributed by atoms with Gasteiger partial charge in [-0.3, -0.25) is 4.98 Å². The quantitative estimate of drug-likeness (QED) is 0.553. The molecular formula is C18H32N2. The van der Waals surface area contributed by atoms with Crippen molar-refractivity contribution >= 4 is 0 Å². The number of rotatable bonds is 12. The average molecular weight is 276 g/mol. The van der Waals surface area contributed by atoms with Crippen molar-refractivity contribution in [1.82, 2.24) is 4.98 Å². The monoisotopic (exact) mass is 276 g/mol. The number of nitrogens with zero attached hydrogens (tertiary/aromatic N) is 1. The molecule has 1 atom stereocenters. The van der Waals surface area contributed by atoms with Gasteiger partial charge in [0.15, 0.2) is 0 Å². The predicted molar refractivity (Wildman–Crippen MR) is 87.8 cm³/mol. The fourth-order valence-electron chi connectivity index (χ4n) is 2.61. The minimum absolute atomic E-state index is 0.273. The summed E-state index contributed by atoms with van der Waals surface area (Å²) in [7, 11) is 0. The van der Waals surface area contributed by atoms with Crippen LogP contribution in [-0.2, 0) is 6.42 Å².